The Balaban J connectivity index is 2.24. The van der Waals surface area contributed by atoms with E-state index >= 15 is 0 Å². The number of rotatable bonds is 7. The van der Waals surface area contributed by atoms with E-state index in [1.165, 1.54) is 19.4 Å². The maximum atomic E-state index is 8.97. The van der Waals surface area contributed by atoms with Crippen LogP contribution in [0.3, 0.4) is 0 Å². The molecule has 2 unspecified atom stereocenters. The molecular formula is C13H25N3O. The van der Waals surface area contributed by atoms with Crippen LogP contribution in [0.4, 0.5) is 0 Å². The standard InChI is InChI=1S/C13H25N3O/c1-3-15-13(9-14)6-8-16-7-4-5-12(10-16)11-17-2/h12-13,15H,3-8,10-11H2,1-2H3. The first-order valence-electron chi connectivity index (χ1n) is 6.64. The molecule has 0 bridgehead atoms. The minimum absolute atomic E-state index is 0.00259. The van der Waals surface area contributed by atoms with Crippen molar-refractivity contribution in [2.75, 3.05) is 39.9 Å². The normalized spacial score (nSPS) is 23.2. The van der Waals surface area contributed by atoms with Gasteiger partial charge in [-0.05, 0) is 38.3 Å². The molecule has 0 aromatic heterocycles. The highest BCUT2D eigenvalue weighted by Gasteiger charge is 2.20. The topological polar surface area (TPSA) is 48.3 Å². The van der Waals surface area contributed by atoms with Crippen molar-refractivity contribution in [2.24, 2.45) is 5.92 Å². The molecule has 0 spiro atoms. The zero-order chi connectivity index (χ0) is 12.5. The first kappa shape index (κ1) is 14.4. The molecule has 0 radical (unpaired) electrons. The van der Waals surface area contributed by atoms with Gasteiger partial charge in [0.2, 0.25) is 0 Å². The molecule has 0 aromatic rings. The lowest BCUT2D eigenvalue weighted by Crippen LogP contribution is -2.40. The zero-order valence-corrected chi connectivity index (χ0v) is 11.1. The summed E-state index contributed by atoms with van der Waals surface area (Å²) in [6, 6.07) is 2.32. The van der Waals surface area contributed by atoms with E-state index in [4.69, 9.17) is 10.00 Å². The van der Waals surface area contributed by atoms with Crippen molar-refractivity contribution in [3.63, 3.8) is 0 Å². The largest absolute Gasteiger partial charge is 0.384 e. The molecule has 17 heavy (non-hydrogen) atoms. The van der Waals surface area contributed by atoms with Gasteiger partial charge in [0.05, 0.1) is 18.7 Å². The van der Waals surface area contributed by atoms with E-state index in [2.05, 4.69) is 16.3 Å². The van der Waals surface area contributed by atoms with Gasteiger partial charge in [0.25, 0.3) is 0 Å². The van der Waals surface area contributed by atoms with E-state index in [0.717, 1.165) is 32.7 Å². The van der Waals surface area contributed by atoms with Crippen LogP contribution in [0.1, 0.15) is 26.2 Å². The number of methoxy groups -OCH3 is 1. The van der Waals surface area contributed by atoms with Crippen molar-refractivity contribution >= 4 is 0 Å². The molecule has 1 fully saturated rings. The van der Waals surface area contributed by atoms with Crippen LogP contribution in [0.15, 0.2) is 0 Å². The number of nitrogens with one attached hydrogen (secondary N) is 1. The van der Waals surface area contributed by atoms with Gasteiger partial charge in [-0.2, -0.15) is 5.26 Å². The number of nitrogens with zero attached hydrogens (tertiary/aromatic N) is 2. The van der Waals surface area contributed by atoms with Crippen LogP contribution >= 0.6 is 0 Å². The summed E-state index contributed by atoms with van der Waals surface area (Å²) in [4.78, 5) is 2.47. The Labute approximate surface area is 105 Å². The summed E-state index contributed by atoms with van der Waals surface area (Å²) in [5.41, 5.74) is 0. The second-order valence-corrected chi connectivity index (χ2v) is 4.79. The fourth-order valence-electron chi connectivity index (χ4n) is 2.50. The molecule has 0 saturated carbocycles. The second kappa shape index (κ2) is 8.46. The van der Waals surface area contributed by atoms with Gasteiger partial charge in [0.1, 0.15) is 0 Å². The maximum Gasteiger partial charge on any atom is 0.0965 e. The lowest BCUT2D eigenvalue weighted by molar-refractivity contribution is 0.0894. The van der Waals surface area contributed by atoms with Gasteiger partial charge in [-0.15, -0.1) is 0 Å². The molecular weight excluding hydrogens is 214 g/mol. The van der Waals surface area contributed by atoms with Gasteiger partial charge in [0.15, 0.2) is 0 Å². The van der Waals surface area contributed by atoms with E-state index in [1.807, 2.05) is 6.92 Å². The van der Waals surface area contributed by atoms with Crippen LogP contribution < -0.4 is 5.32 Å². The number of nitriles is 1. The Kier molecular flexibility index (Phi) is 7.18. The van der Waals surface area contributed by atoms with Gasteiger partial charge in [-0.1, -0.05) is 6.92 Å². The highest BCUT2D eigenvalue weighted by atomic mass is 16.5. The van der Waals surface area contributed by atoms with Crippen molar-refractivity contribution in [1.29, 1.82) is 5.26 Å². The second-order valence-electron chi connectivity index (χ2n) is 4.79. The number of hydrogen-bond donors (Lipinski definition) is 1. The van der Waals surface area contributed by atoms with Crippen LogP contribution in [0.2, 0.25) is 0 Å². The summed E-state index contributed by atoms with van der Waals surface area (Å²) in [6.07, 6.45) is 3.45. The number of ether oxygens (including phenoxy) is 1. The van der Waals surface area contributed by atoms with Crippen molar-refractivity contribution in [1.82, 2.24) is 10.2 Å². The average Bonchev–Trinajstić information content (AvgIpc) is 2.35. The Morgan fingerprint density at radius 1 is 1.59 bits per heavy atom. The first-order valence-corrected chi connectivity index (χ1v) is 6.64. The Bertz CT molecular complexity index is 237. The van der Waals surface area contributed by atoms with Crippen LogP contribution in [0.5, 0.6) is 0 Å². The lowest BCUT2D eigenvalue weighted by Gasteiger charge is -2.32. The van der Waals surface area contributed by atoms with Crippen molar-refractivity contribution in [2.45, 2.75) is 32.2 Å². The zero-order valence-electron chi connectivity index (χ0n) is 11.1. The monoisotopic (exact) mass is 239 g/mol. The molecule has 1 heterocycles. The van der Waals surface area contributed by atoms with Crippen molar-refractivity contribution < 1.29 is 4.74 Å². The molecule has 0 aliphatic carbocycles. The smallest absolute Gasteiger partial charge is 0.0965 e. The van der Waals surface area contributed by atoms with Crippen LogP contribution in [0.25, 0.3) is 0 Å². The molecule has 0 aromatic carbocycles. The Hall–Kier alpha value is -0.630. The third-order valence-corrected chi connectivity index (χ3v) is 3.35. The molecule has 4 heteroatoms. The molecule has 1 aliphatic heterocycles. The highest BCUT2D eigenvalue weighted by Crippen LogP contribution is 2.16. The first-order chi connectivity index (χ1) is 8.30. The molecule has 4 nitrogen and oxygen atoms in total. The van der Waals surface area contributed by atoms with Gasteiger partial charge in [-0.25, -0.2) is 0 Å². The highest BCUT2D eigenvalue weighted by molar-refractivity contribution is 4.90. The minimum Gasteiger partial charge on any atom is -0.384 e. The average molecular weight is 239 g/mol. The summed E-state index contributed by atoms with van der Waals surface area (Å²) < 4.78 is 5.22. The summed E-state index contributed by atoms with van der Waals surface area (Å²) in [5, 5.41) is 12.2. The SMILES string of the molecule is CCNC(C#N)CCN1CCCC(COC)C1. The third kappa shape index (κ3) is 5.49. The predicted molar refractivity (Wildman–Crippen MR) is 68.7 cm³/mol. The van der Waals surface area contributed by atoms with Gasteiger partial charge < -0.3 is 15.0 Å². The van der Waals surface area contributed by atoms with Gasteiger partial charge in [-0.3, -0.25) is 0 Å². The minimum atomic E-state index is 0.00259. The van der Waals surface area contributed by atoms with E-state index in [9.17, 15) is 0 Å². The summed E-state index contributed by atoms with van der Waals surface area (Å²) >= 11 is 0. The molecule has 98 valence electrons. The number of likely N-dealkylation sites (tertiary alicyclic amines) is 1. The maximum absolute atomic E-state index is 8.97. The Morgan fingerprint density at radius 2 is 2.41 bits per heavy atom. The molecule has 1 aliphatic rings. The number of hydrogen-bond acceptors (Lipinski definition) is 4. The van der Waals surface area contributed by atoms with Crippen molar-refractivity contribution in [3.05, 3.63) is 0 Å². The van der Waals surface area contributed by atoms with E-state index in [-0.39, 0.29) is 6.04 Å². The van der Waals surface area contributed by atoms with Crippen LogP contribution in [0, 0.1) is 17.2 Å². The fourth-order valence-corrected chi connectivity index (χ4v) is 2.50. The number of piperidine rings is 1. The molecule has 2 atom stereocenters. The van der Waals surface area contributed by atoms with Crippen LogP contribution in [-0.4, -0.2) is 50.8 Å². The molecule has 1 saturated heterocycles. The molecule has 1 rings (SSSR count). The molecule has 1 N–H and O–H groups in total. The van der Waals surface area contributed by atoms with E-state index in [1.54, 1.807) is 7.11 Å². The van der Waals surface area contributed by atoms with Crippen molar-refractivity contribution in [3.8, 4) is 6.07 Å². The Morgan fingerprint density at radius 3 is 3.06 bits per heavy atom. The van der Waals surface area contributed by atoms with E-state index < -0.39 is 0 Å². The fraction of sp³-hybridized carbons (Fsp3) is 0.923. The summed E-state index contributed by atoms with van der Waals surface area (Å²) in [7, 11) is 1.77. The molecule has 0 amide bonds. The van der Waals surface area contributed by atoms with Gasteiger partial charge in [0, 0.05) is 20.2 Å². The third-order valence-electron chi connectivity index (χ3n) is 3.35. The van der Waals surface area contributed by atoms with Gasteiger partial charge >= 0.3 is 0 Å². The quantitative estimate of drug-likeness (QED) is 0.726. The summed E-state index contributed by atoms with van der Waals surface area (Å²) in [6.45, 7) is 7.09. The predicted octanol–water partition coefficient (Wildman–Crippen LogP) is 1.24. The summed E-state index contributed by atoms with van der Waals surface area (Å²) in [5.74, 6) is 0.674. The van der Waals surface area contributed by atoms with Crippen LogP contribution in [-0.2, 0) is 4.74 Å². The van der Waals surface area contributed by atoms with E-state index in [0.29, 0.717) is 5.92 Å². The lowest BCUT2D eigenvalue weighted by atomic mass is 9.98.